The zero-order chi connectivity index (χ0) is 12.7. The predicted molar refractivity (Wildman–Crippen MR) is 65.5 cm³/mol. The number of aryl methyl sites for hydroxylation is 1. The summed E-state index contributed by atoms with van der Waals surface area (Å²) in [5.74, 6) is -0.201. The molecule has 17 heavy (non-hydrogen) atoms. The summed E-state index contributed by atoms with van der Waals surface area (Å²) in [6.07, 6.45) is 4.77. The average Bonchev–Trinajstić information content (AvgIpc) is 2.76. The molecular weight excluding hydrogens is 218 g/mol. The smallest absolute Gasteiger partial charge is 0.319 e. The highest BCUT2D eigenvalue weighted by molar-refractivity contribution is 5.71. The third-order valence-electron chi connectivity index (χ3n) is 2.68. The Morgan fingerprint density at radius 2 is 2.29 bits per heavy atom. The van der Waals surface area contributed by atoms with E-state index in [0.717, 1.165) is 31.7 Å². The van der Waals surface area contributed by atoms with Crippen LogP contribution in [0.25, 0.3) is 0 Å². The summed E-state index contributed by atoms with van der Waals surface area (Å²) in [6, 6.07) is 0. The van der Waals surface area contributed by atoms with Crippen LogP contribution in [0.3, 0.4) is 0 Å². The van der Waals surface area contributed by atoms with Gasteiger partial charge in [-0.25, -0.2) is 4.98 Å². The second kappa shape index (κ2) is 7.06. The van der Waals surface area contributed by atoms with Crippen LogP contribution in [0, 0.1) is 0 Å². The Labute approximate surface area is 102 Å². The molecule has 1 aromatic heterocycles. The van der Waals surface area contributed by atoms with E-state index in [1.165, 1.54) is 7.11 Å². The maximum absolute atomic E-state index is 11.2. The van der Waals surface area contributed by atoms with E-state index in [0.29, 0.717) is 6.54 Å². The zero-order valence-electron chi connectivity index (χ0n) is 10.8. The molecule has 0 radical (unpaired) electrons. The van der Waals surface area contributed by atoms with Crippen LogP contribution in [0.4, 0.5) is 0 Å². The lowest BCUT2D eigenvalue weighted by Gasteiger charge is -2.19. The largest absolute Gasteiger partial charge is 0.468 e. The molecule has 5 nitrogen and oxygen atoms in total. The van der Waals surface area contributed by atoms with E-state index in [-0.39, 0.29) is 5.97 Å². The van der Waals surface area contributed by atoms with Gasteiger partial charge in [0.25, 0.3) is 0 Å². The highest BCUT2D eigenvalue weighted by atomic mass is 16.5. The lowest BCUT2D eigenvalue weighted by atomic mass is 10.3. The van der Waals surface area contributed by atoms with E-state index in [9.17, 15) is 4.79 Å². The van der Waals surface area contributed by atoms with E-state index in [1.54, 1.807) is 0 Å². The Kier molecular flexibility index (Phi) is 5.69. The van der Waals surface area contributed by atoms with Crippen molar-refractivity contribution in [3.8, 4) is 0 Å². The van der Waals surface area contributed by atoms with Crippen molar-refractivity contribution < 1.29 is 9.53 Å². The van der Waals surface area contributed by atoms with Gasteiger partial charge in [0.1, 0.15) is 0 Å². The third kappa shape index (κ3) is 4.19. The Bertz CT molecular complexity index is 349. The predicted octanol–water partition coefficient (Wildman–Crippen LogP) is 1.29. The highest BCUT2D eigenvalue weighted by Crippen LogP contribution is 2.05. The van der Waals surface area contributed by atoms with Crippen LogP contribution in [0.15, 0.2) is 12.5 Å². The topological polar surface area (TPSA) is 47.4 Å². The summed E-state index contributed by atoms with van der Waals surface area (Å²) in [5, 5.41) is 0. The summed E-state index contributed by atoms with van der Waals surface area (Å²) in [5.41, 5.74) is 1.14. The number of nitrogens with zero attached hydrogens (tertiary/aromatic N) is 3. The molecule has 1 rings (SSSR count). The SMILES string of the molecule is CCCn1cncc1CN(CC)CC(=O)OC. The number of aromatic nitrogens is 2. The van der Waals surface area contributed by atoms with Crippen LogP contribution in [-0.2, 0) is 22.6 Å². The normalized spacial score (nSPS) is 10.8. The van der Waals surface area contributed by atoms with E-state index >= 15 is 0 Å². The summed E-state index contributed by atoms with van der Waals surface area (Å²) < 4.78 is 6.80. The monoisotopic (exact) mass is 239 g/mol. The second-order valence-electron chi connectivity index (χ2n) is 3.96. The minimum absolute atomic E-state index is 0.201. The van der Waals surface area contributed by atoms with Gasteiger partial charge in [0.05, 0.1) is 25.7 Å². The molecule has 96 valence electrons. The number of likely N-dealkylation sites (N-methyl/N-ethyl adjacent to an activating group) is 1. The molecule has 0 aromatic carbocycles. The van der Waals surface area contributed by atoms with Gasteiger partial charge < -0.3 is 9.30 Å². The molecule has 1 heterocycles. The molecule has 1 aromatic rings. The van der Waals surface area contributed by atoms with E-state index in [2.05, 4.69) is 21.2 Å². The number of esters is 1. The van der Waals surface area contributed by atoms with Gasteiger partial charge in [-0.2, -0.15) is 0 Å². The molecule has 0 aliphatic rings. The molecular formula is C12H21N3O2. The van der Waals surface area contributed by atoms with Crippen LogP contribution in [0.5, 0.6) is 0 Å². The number of hydrogen-bond acceptors (Lipinski definition) is 4. The van der Waals surface area contributed by atoms with Crippen LogP contribution < -0.4 is 0 Å². The molecule has 0 aliphatic carbocycles. The Morgan fingerprint density at radius 3 is 2.88 bits per heavy atom. The maximum Gasteiger partial charge on any atom is 0.319 e. The maximum atomic E-state index is 11.2. The van der Waals surface area contributed by atoms with Crippen LogP contribution in [0.2, 0.25) is 0 Å². The molecule has 0 spiro atoms. The minimum atomic E-state index is -0.201. The zero-order valence-corrected chi connectivity index (χ0v) is 10.8. The molecule has 0 aliphatic heterocycles. The number of imidazole rings is 1. The second-order valence-corrected chi connectivity index (χ2v) is 3.96. The van der Waals surface area contributed by atoms with Crippen molar-refractivity contribution in [2.45, 2.75) is 33.4 Å². The quantitative estimate of drug-likeness (QED) is 0.673. The fourth-order valence-corrected chi connectivity index (χ4v) is 1.68. The average molecular weight is 239 g/mol. The first-order valence-corrected chi connectivity index (χ1v) is 5.99. The number of carbonyl (C=O) groups excluding carboxylic acids is 1. The summed E-state index contributed by atoms with van der Waals surface area (Å²) in [6.45, 7) is 6.99. The van der Waals surface area contributed by atoms with E-state index in [1.807, 2.05) is 24.3 Å². The molecule has 0 fully saturated rings. The Morgan fingerprint density at radius 1 is 1.53 bits per heavy atom. The number of methoxy groups -OCH3 is 1. The fourth-order valence-electron chi connectivity index (χ4n) is 1.68. The first-order chi connectivity index (χ1) is 8.21. The fraction of sp³-hybridized carbons (Fsp3) is 0.667. The van der Waals surface area contributed by atoms with E-state index < -0.39 is 0 Å². The summed E-state index contributed by atoms with van der Waals surface area (Å²) in [7, 11) is 1.41. The van der Waals surface area contributed by atoms with Gasteiger partial charge in [-0.15, -0.1) is 0 Å². The van der Waals surface area contributed by atoms with Gasteiger partial charge in [0.15, 0.2) is 0 Å². The Hall–Kier alpha value is -1.36. The van der Waals surface area contributed by atoms with Gasteiger partial charge in [-0.05, 0) is 13.0 Å². The van der Waals surface area contributed by atoms with Crippen LogP contribution in [0.1, 0.15) is 26.0 Å². The Balaban J connectivity index is 2.60. The molecule has 0 saturated carbocycles. The minimum Gasteiger partial charge on any atom is -0.468 e. The van der Waals surface area contributed by atoms with Crippen molar-refractivity contribution in [1.82, 2.24) is 14.5 Å². The van der Waals surface area contributed by atoms with Crippen molar-refractivity contribution in [3.63, 3.8) is 0 Å². The third-order valence-corrected chi connectivity index (χ3v) is 2.68. The molecule has 0 unspecified atom stereocenters. The number of carbonyl (C=O) groups is 1. The first-order valence-electron chi connectivity index (χ1n) is 5.99. The van der Waals surface area contributed by atoms with Crippen molar-refractivity contribution >= 4 is 5.97 Å². The van der Waals surface area contributed by atoms with Crippen LogP contribution in [-0.4, -0.2) is 40.6 Å². The van der Waals surface area contributed by atoms with Crippen molar-refractivity contribution in [2.75, 3.05) is 20.2 Å². The summed E-state index contributed by atoms with van der Waals surface area (Å²) in [4.78, 5) is 17.4. The van der Waals surface area contributed by atoms with Gasteiger partial charge >= 0.3 is 5.97 Å². The molecule has 0 saturated heterocycles. The molecule has 0 atom stereocenters. The number of rotatable bonds is 7. The first kappa shape index (κ1) is 13.7. The standard InChI is InChI=1S/C12H21N3O2/c1-4-6-15-10-13-7-11(15)8-14(5-2)9-12(16)17-3/h7,10H,4-6,8-9H2,1-3H3. The van der Waals surface area contributed by atoms with Crippen molar-refractivity contribution in [2.24, 2.45) is 0 Å². The van der Waals surface area contributed by atoms with Gasteiger partial charge in [-0.1, -0.05) is 13.8 Å². The molecule has 0 amide bonds. The molecule has 5 heteroatoms. The van der Waals surface area contributed by atoms with Crippen molar-refractivity contribution in [1.29, 1.82) is 0 Å². The summed E-state index contributed by atoms with van der Waals surface area (Å²) >= 11 is 0. The van der Waals surface area contributed by atoms with Gasteiger partial charge in [-0.3, -0.25) is 9.69 Å². The molecule has 0 N–H and O–H groups in total. The molecule has 0 bridgehead atoms. The van der Waals surface area contributed by atoms with Gasteiger partial charge in [0.2, 0.25) is 0 Å². The number of ether oxygens (including phenoxy) is 1. The van der Waals surface area contributed by atoms with Crippen molar-refractivity contribution in [3.05, 3.63) is 18.2 Å². The van der Waals surface area contributed by atoms with E-state index in [4.69, 9.17) is 0 Å². The lowest BCUT2D eigenvalue weighted by molar-refractivity contribution is -0.142. The number of hydrogen-bond donors (Lipinski definition) is 0. The van der Waals surface area contributed by atoms with Gasteiger partial charge in [0, 0.05) is 19.3 Å². The lowest BCUT2D eigenvalue weighted by Crippen LogP contribution is -2.30. The van der Waals surface area contributed by atoms with Crippen LogP contribution >= 0.6 is 0 Å². The highest BCUT2D eigenvalue weighted by Gasteiger charge is 2.11.